The van der Waals surface area contributed by atoms with E-state index >= 15 is 0 Å². The van der Waals surface area contributed by atoms with Gasteiger partial charge < -0.3 is 14.8 Å². The predicted molar refractivity (Wildman–Crippen MR) is 123 cm³/mol. The molecule has 9 heteroatoms. The van der Waals surface area contributed by atoms with E-state index in [0.29, 0.717) is 5.56 Å². The molecule has 0 atom stereocenters. The fraction of sp³-hybridized carbons (Fsp3) is 0.0417. The maximum Gasteiger partial charge on any atom is 0.343 e. The summed E-state index contributed by atoms with van der Waals surface area (Å²) >= 11 is 12.1. The lowest BCUT2D eigenvalue weighted by molar-refractivity contribution is -0.112. The van der Waals surface area contributed by atoms with E-state index < -0.39 is 17.7 Å². The standard InChI is InChI=1S/C24H15Cl2FN2O4/c1-32-21-11-14(8-9-20(21)33-24(31)15-4-2-5-17(27)12-15)10-16(13-28)23(30)29-22-18(25)6-3-7-19(22)26/h2-12H,1H3,(H,29,30)/b16-10+. The fourth-order valence-corrected chi connectivity index (χ4v) is 3.24. The van der Waals surface area contributed by atoms with Gasteiger partial charge in [0.15, 0.2) is 11.5 Å². The van der Waals surface area contributed by atoms with Gasteiger partial charge in [0, 0.05) is 0 Å². The topological polar surface area (TPSA) is 88.4 Å². The molecule has 0 unspecified atom stereocenters. The van der Waals surface area contributed by atoms with Crippen molar-refractivity contribution < 1.29 is 23.5 Å². The third-order valence-corrected chi connectivity index (χ3v) is 4.96. The zero-order valence-corrected chi connectivity index (χ0v) is 18.6. The molecular weight excluding hydrogens is 470 g/mol. The fourth-order valence-electron chi connectivity index (χ4n) is 2.75. The van der Waals surface area contributed by atoms with Gasteiger partial charge in [-0.15, -0.1) is 0 Å². The monoisotopic (exact) mass is 484 g/mol. The van der Waals surface area contributed by atoms with Crippen molar-refractivity contribution >= 4 is 46.8 Å². The van der Waals surface area contributed by atoms with Crippen molar-refractivity contribution in [3.8, 4) is 17.6 Å². The summed E-state index contributed by atoms with van der Waals surface area (Å²) in [5.74, 6) is -1.81. The number of esters is 1. The molecule has 0 saturated heterocycles. The van der Waals surface area contributed by atoms with Crippen molar-refractivity contribution in [3.05, 3.63) is 93.2 Å². The van der Waals surface area contributed by atoms with Crippen molar-refractivity contribution in [1.82, 2.24) is 0 Å². The summed E-state index contributed by atoms with van der Waals surface area (Å²) in [6, 6.07) is 16.0. The maximum absolute atomic E-state index is 13.4. The highest BCUT2D eigenvalue weighted by Crippen LogP contribution is 2.31. The molecule has 0 fully saturated rings. The summed E-state index contributed by atoms with van der Waals surface area (Å²) in [6.45, 7) is 0. The molecule has 0 aromatic heterocycles. The quantitative estimate of drug-likeness (QED) is 0.203. The molecule has 1 N–H and O–H groups in total. The van der Waals surface area contributed by atoms with Crippen LogP contribution >= 0.6 is 23.2 Å². The molecule has 1 amide bonds. The zero-order chi connectivity index (χ0) is 24.0. The molecule has 0 aliphatic heterocycles. The second-order valence-electron chi connectivity index (χ2n) is 6.53. The van der Waals surface area contributed by atoms with E-state index in [-0.39, 0.29) is 38.4 Å². The van der Waals surface area contributed by atoms with Gasteiger partial charge >= 0.3 is 5.97 Å². The zero-order valence-electron chi connectivity index (χ0n) is 17.1. The summed E-state index contributed by atoms with van der Waals surface area (Å²) in [6.07, 6.45) is 1.32. The van der Waals surface area contributed by atoms with Gasteiger partial charge in [-0.2, -0.15) is 5.26 Å². The number of carbonyl (C=O) groups excluding carboxylic acids is 2. The van der Waals surface area contributed by atoms with Crippen molar-refractivity contribution in [1.29, 1.82) is 5.26 Å². The van der Waals surface area contributed by atoms with E-state index in [4.69, 9.17) is 32.7 Å². The Labute approximate surface area is 198 Å². The second-order valence-corrected chi connectivity index (χ2v) is 7.35. The number of rotatable bonds is 6. The largest absolute Gasteiger partial charge is 0.493 e. The molecule has 0 bridgehead atoms. The number of amides is 1. The number of nitrogens with one attached hydrogen (secondary N) is 1. The molecule has 0 aliphatic rings. The SMILES string of the molecule is COc1cc(/C=C(\C#N)C(=O)Nc2c(Cl)cccc2Cl)ccc1OC(=O)c1cccc(F)c1. The van der Waals surface area contributed by atoms with E-state index in [0.717, 1.165) is 6.07 Å². The Morgan fingerprint density at radius 2 is 1.73 bits per heavy atom. The number of carbonyl (C=O) groups is 2. The summed E-state index contributed by atoms with van der Waals surface area (Å²) in [7, 11) is 1.36. The Balaban J connectivity index is 1.83. The number of anilines is 1. The summed E-state index contributed by atoms with van der Waals surface area (Å²) < 4.78 is 23.9. The van der Waals surface area contributed by atoms with Gasteiger partial charge in [-0.1, -0.05) is 41.4 Å². The highest BCUT2D eigenvalue weighted by Gasteiger charge is 2.16. The van der Waals surface area contributed by atoms with E-state index in [1.807, 2.05) is 6.07 Å². The van der Waals surface area contributed by atoms with Gasteiger partial charge in [-0.05, 0) is 54.1 Å². The summed E-state index contributed by atoms with van der Waals surface area (Å²) in [5.41, 5.74) is 0.416. The molecule has 0 saturated carbocycles. The Bertz CT molecular complexity index is 1280. The van der Waals surface area contributed by atoms with Crippen LogP contribution in [0.5, 0.6) is 11.5 Å². The molecular formula is C24H15Cl2FN2O4. The van der Waals surface area contributed by atoms with Gasteiger partial charge in [0.25, 0.3) is 5.91 Å². The number of hydrogen-bond donors (Lipinski definition) is 1. The lowest BCUT2D eigenvalue weighted by Gasteiger charge is -2.11. The number of benzene rings is 3. The average Bonchev–Trinajstić information content (AvgIpc) is 2.80. The summed E-state index contributed by atoms with van der Waals surface area (Å²) in [4.78, 5) is 24.8. The molecule has 3 aromatic rings. The van der Waals surface area contributed by atoms with Crippen LogP contribution in [-0.4, -0.2) is 19.0 Å². The highest BCUT2D eigenvalue weighted by molar-refractivity contribution is 6.40. The van der Waals surface area contributed by atoms with Crippen LogP contribution in [-0.2, 0) is 4.79 Å². The minimum absolute atomic E-state index is 0.0303. The predicted octanol–water partition coefficient (Wildman–Crippen LogP) is 5.91. The van der Waals surface area contributed by atoms with Crippen molar-refractivity contribution in [2.45, 2.75) is 0 Å². The number of ether oxygens (including phenoxy) is 2. The van der Waals surface area contributed by atoms with Crippen LogP contribution < -0.4 is 14.8 Å². The van der Waals surface area contributed by atoms with Crippen LogP contribution in [0.2, 0.25) is 10.0 Å². The molecule has 33 heavy (non-hydrogen) atoms. The third kappa shape index (κ3) is 5.89. The van der Waals surface area contributed by atoms with E-state index in [1.165, 1.54) is 49.6 Å². The molecule has 3 rings (SSSR count). The minimum atomic E-state index is -0.773. The number of methoxy groups -OCH3 is 1. The molecule has 0 spiro atoms. The van der Waals surface area contributed by atoms with Crippen LogP contribution in [0.1, 0.15) is 15.9 Å². The first-order chi connectivity index (χ1) is 15.8. The first-order valence-electron chi connectivity index (χ1n) is 9.35. The molecule has 0 radical (unpaired) electrons. The number of para-hydroxylation sites is 1. The number of nitriles is 1. The normalized spacial score (nSPS) is 10.8. The van der Waals surface area contributed by atoms with Crippen LogP contribution in [0.4, 0.5) is 10.1 Å². The molecule has 166 valence electrons. The summed E-state index contributed by atoms with van der Waals surface area (Å²) in [5, 5.41) is 12.4. The second kappa shape index (κ2) is 10.6. The van der Waals surface area contributed by atoms with Crippen molar-refractivity contribution in [3.63, 3.8) is 0 Å². The smallest absolute Gasteiger partial charge is 0.343 e. The van der Waals surface area contributed by atoms with Gasteiger partial charge in [0.05, 0.1) is 28.4 Å². The van der Waals surface area contributed by atoms with Crippen LogP contribution in [0.25, 0.3) is 6.08 Å². The minimum Gasteiger partial charge on any atom is -0.493 e. The van der Waals surface area contributed by atoms with Crippen LogP contribution in [0, 0.1) is 17.1 Å². The lowest BCUT2D eigenvalue weighted by atomic mass is 10.1. The molecule has 3 aromatic carbocycles. The third-order valence-electron chi connectivity index (χ3n) is 4.33. The lowest BCUT2D eigenvalue weighted by Crippen LogP contribution is -2.14. The van der Waals surface area contributed by atoms with E-state index in [2.05, 4.69) is 5.32 Å². The van der Waals surface area contributed by atoms with Crippen molar-refractivity contribution in [2.24, 2.45) is 0 Å². The Morgan fingerprint density at radius 1 is 1.03 bits per heavy atom. The number of halogens is 3. The van der Waals surface area contributed by atoms with Gasteiger partial charge in [0.2, 0.25) is 0 Å². The van der Waals surface area contributed by atoms with Crippen LogP contribution in [0.15, 0.2) is 66.2 Å². The Morgan fingerprint density at radius 3 is 2.36 bits per heavy atom. The van der Waals surface area contributed by atoms with E-state index in [1.54, 1.807) is 18.2 Å². The maximum atomic E-state index is 13.4. The van der Waals surface area contributed by atoms with Crippen LogP contribution in [0.3, 0.4) is 0 Å². The average molecular weight is 485 g/mol. The van der Waals surface area contributed by atoms with Gasteiger partial charge in [0.1, 0.15) is 17.5 Å². The first-order valence-corrected chi connectivity index (χ1v) is 10.1. The Kier molecular flexibility index (Phi) is 7.67. The highest BCUT2D eigenvalue weighted by atomic mass is 35.5. The molecule has 0 heterocycles. The molecule has 6 nitrogen and oxygen atoms in total. The number of nitrogens with zero attached hydrogens (tertiary/aromatic N) is 1. The number of hydrogen-bond acceptors (Lipinski definition) is 5. The van der Waals surface area contributed by atoms with E-state index in [9.17, 15) is 19.2 Å². The first kappa shape index (κ1) is 23.8. The molecule has 0 aliphatic carbocycles. The van der Waals surface area contributed by atoms with Crippen molar-refractivity contribution in [2.75, 3.05) is 12.4 Å². The van der Waals surface area contributed by atoms with Gasteiger partial charge in [-0.25, -0.2) is 9.18 Å². The Hall–Kier alpha value is -3.86. The van der Waals surface area contributed by atoms with Gasteiger partial charge in [-0.3, -0.25) is 4.79 Å².